The predicted molar refractivity (Wildman–Crippen MR) is 147 cm³/mol. The number of carbonyl (C=O) groups is 1. The van der Waals surface area contributed by atoms with E-state index in [0.717, 1.165) is 31.3 Å². The average molecular weight is 515 g/mol. The van der Waals surface area contributed by atoms with Crippen LogP contribution in [0.3, 0.4) is 0 Å². The Morgan fingerprint density at radius 1 is 0.947 bits per heavy atom. The van der Waals surface area contributed by atoms with E-state index < -0.39 is 6.10 Å². The van der Waals surface area contributed by atoms with Gasteiger partial charge >= 0.3 is 0 Å². The molecule has 0 bridgehead atoms. The number of fused-ring (bicyclic) bond motifs is 2. The Kier molecular flexibility index (Phi) is 7.31. The van der Waals surface area contributed by atoms with Gasteiger partial charge in [-0.1, -0.05) is 48.5 Å². The summed E-state index contributed by atoms with van der Waals surface area (Å²) in [7, 11) is 0. The highest BCUT2D eigenvalue weighted by Crippen LogP contribution is 2.31. The van der Waals surface area contributed by atoms with Crippen LogP contribution in [0, 0.1) is 0 Å². The van der Waals surface area contributed by atoms with Gasteiger partial charge in [0.1, 0.15) is 24.0 Å². The first-order valence-corrected chi connectivity index (χ1v) is 13.6. The summed E-state index contributed by atoms with van der Waals surface area (Å²) >= 11 is 0. The molecule has 2 aliphatic rings. The van der Waals surface area contributed by atoms with E-state index in [1.54, 1.807) is 11.0 Å². The fourth-order valence-corrected chi connectivity index (χ4v) is 5.64. The number of likely N-dealkylation sites (tertiary alicyclic amines) is 1. The molecule has 0 spiro atoms. The summed E-state index contributed by atoms with van der Waals surface area (Å²) in [6.45, 7) is 4.88. The Hall–Kier alpha value is -3.39. The number of carbonyl (C=O) groups excluding carboxylic acids is 1. The molecular weight excluding hydrogens is 480 g/mol. The number of amides is 1. The zero-order valence-electron chi connectivity index (χ0n) is 21.6. The maximum absolute atomic E-state index is 12.8. The molecule has 4 aromatic rings. The second-order valence-electron chi connectivity index (χ2n) is 10.3. The number of furan rings is 1. The second kappa shape index (κ2) is 11.2. The van der Waals surface area contributed by atoms with Crippen molar-refractivity contribution in [1.29, 1.82) is 0 Å². The number of piperidine rings is 1. The molecule has 3 aromatic carbocycles. The second-order valence-corrected chi connectivity index (χ2v) is 10.3. The third kappa shape index (κ3) is 5.41. The van der Waals surface area contributed by atoms with Gasteiger partial charge in [0.05, 0.1) is 18.6 Å². The number of nitrogens with zero attached hydrogens (tertiary/aromatic N) is 2. The Morgan fingerprint density at radius 2 is 1.74 bits per heavy atom. The molecule has 7 heteroatoms. The normalized spacial score (nSPS) is 18.2. The van der Waals surface area contributed by atoms with Crippen LogP contribution in [0.2, 0.25) is 0 Å². The van der Waals surface area contributed by atoms with Gasteiger partial charge in [-0.15, -0.1) is 0 Å². The Labute approximate surface area is 222 Å². The first-order chi connectivity index (χ1) is 18.6. The summed E-state index contributed by atoms with van der Waals surface area (Å²) in [6.07, 6.45) is 1.56. The van der Waals surface area contributed by atoms with Gasteiger partial charge in [-0.2, -0.15) is 0 Å². The smallest absolute Gasteiger partial charge is 0.289 e. The molecule has 3 heterocycles. The lowest BCUT2D eigenvalue weighted by Crippen LogP contribution is -2.40. The zero-order chi connectivity index (χ0) is 25.9. The van der Waals surface area contributed by atoms with Crippen molar-refractivity contribution in [3.63, 3.8) is 0 Å². The van der Waals surface area contributed by atoms with Crippen molar-refractivity contribution in [2.75, 3.05) is 52.5 Å². The monoisotopic (exact) mass is 514 g/mol. The van der Waals surface area contributed by atoms with Gasteiger partial charge in [0, 0.05) is 25.7 Å². The van der Waals surface area contributed by atoms with Crippen molar-refractivity contribution in [2.24, 2.45) is 0 Å². The third-order valence-corrected chi connectivity index (χ3v) is 7.76. The Balaban J connectivity index is 1.02. The van der Waals surface area contributed by atoms with Gasteiger partial charge in [0.25, 0.3) is 5.91 Å². The van der Waals surface area contributed by atoms with Crippen LogP contribution in [0.15, 0.2) is 71.1 Å². The van der Waals surface area contributed by atoms with Crippen molar-refractivity contribution in [1.82, 2.24) is 9.80 Å². The fourth-order valence-electron chi connectivity index (χ4n) is 5.64. The van der Waals surface area contributed by atoms with Crippen LogP contribution in [0.4, 0.5) is 0 Å². The van der Waals surface area contributed by atoms with Crippen molar-refractivity contribution < 1.29 is 23.8 Å². The number of aliphatic hydroxyl groups excluding tert-OH is 1. The van der Waals surface area contributed by atoms with Gasteiger partial charge in [0.2, 0.25) is 0 Å². The molecule has 1 amide bonds. The number of rotatable bonds is 7. The maximum Gasteiger partial charge on any atom is 0.289 e. The van der Waals surface area contributed by atoms with Crippen LogP contribution in [-0.2, 0) is 4.74 Å². The van der Waals surface area contributed by atoms with Crippen LogP contribution in [0.5, 0.6) is 5.75 Å². The van der Waals surface area contributed by atoms with Gasteiger partial charge in [-0.25, -0.2) is 0 Å². The lowest BCUT2D eigenvalue weighted by molar-refractivity contribution is 0.0284. The number of ether oxygens (including phenoxy) is 2. The largest absolute Gasteiger partial charge is 0.490 e. The molecule has 0 radical (unpaired) electrons. The topological polar surface area (TPSA) is 75.4 Å². The summed E-state index contributed by atoms with van der Waals surface area (Å²) in [5, 5.41) is 14.1. The van der Waals surface area contributed by atoms with Gasteiger partial charge in [0.15, 0.2) is 5.76 Å². The number of β-amino-alcohol motifs (C(OH)–C–C–N with tert-alkyl or cyclic N) is 1. The molecule has 2 aliphatic heterocycles. The molecule has 2 fully saturated rings. The molecule has 0 aliphatic carbocycles. The molecule has 2 saturated heterocycles. The van der Waals surface area contributed by atoms with E-state index >= 15 is 0 Å². The molecule has 1 unspecified atom stereocenters. The van der Waals surface area contributed by atoms with Crippen LogP contribution < -0.4 is 4.74 Å². The minimum absolute atomic E-state index is 0.137. The van der Waals surface area contributed by atoms with Crippen molar-refractivity contribution in [3.8, 4) is 5.75 Å². The molecule has 0 saturated carbocycles. The van der Waals surface area contributed by atoms with Crippen molar-refractivity contribution >= 4 is 27.6 Å². The minimum atomic E-state index is -0.608. The molecule has 198 valence electrons. The number of hydrogen-bond donors (Lipinski definition) is 1. The highest BCUT2D eigenvalue weighted by atomic mass is 16.5. The Morgan fingerprint density at radius 3 is 2.55 bits per heavy atom. The lowest BCUT2D eigenvalue weighted by atomic mass is 9.88. The quantitative estimate of drug-likeness (QED) is 0.386. The van der Waals surface area contributed by atoms with Crippen LogP contribution >= 0.6 is 0 Å². The predicted octanol–water partition coefficient (Wildman–Crippen LogP) is 4.68. The summed E-state index contributed by atoms with van der Waals surface area (Å²) in [5.74, 6) is 1.33. The fraction of sp³-hybridized carbons (Fsp3) is 0.387. The molecule has 7 nitrogen and oxygen atoms in total. The average Bonchev–Trinajstić information content (AvgIpc) is 3.41. The first kappa shape index (κ1) is 24.9. The van der Waals surface area contributed by atoms with E-state index in [1.807, 2.05) is 18.2 Å². The minimum Gasteiger partial charge on any atom is -0.490 e. The number of morpholine rings is 1. The number of hydrogen-bond acceptors (Lipinski definition) is 6. The molecule has 1 atom stereocenters. The summed E-state index contributed by atoms with van der Waals surface area (Å²) in [4.78, 5) is 16.9. The van der Waals surface area contributed by atoms with Crippen LogP contribution in [0.25, 0.3) is 21.7 Å². The zero-order valence-corrected chi connectivity index (χ0v) is 21.6. The highest BCUT2D eigenvalue weighted by Gasteiger charge is 2.24. The number of benzene rings is 3. The van der Waals surface area contributed by atoms with E-state index in [0.29, 0.717) is 55.9 Å². The summed E-state index contributed by atoms with van der Waals surface area (Å²) in [5.41, 5.74) is 2.01. The van der Waals surface area contributed by atoms with Crippen molar-refractivity contribution in [3.05, 3.63) is 78.1 Å². The van der Waals surface area contributed by atoms with Crippen LogP contribution in [0.1, 0.15) is 34.9 Å². The number of aliphatic hydroxyl groups is 1. The molecule has 38 heavy (non-hydrogen) atoms. The molecule has 1 N–H and O–H groups in total. The van der Waals surface area contributed by atoms with E-state index in [1.165, 1.54) is 16.3 Å². The molecule has 1 aromatic heterocycles. The van der Waals surface area contributed by atoms with E-state index in [4.69, 9.17) is 13.9 Å². The van der Waals surface area contributed by atoms with Gasteiger partial charge in [-0.3, -0.25) is 4.79 Å². The highest BCUT2D eigenvalue weighted by molar-refractivity contribution is 5.97. The summed E-state index contributed by atoms with van der Waals surface area (Å²) in [6, 6.07) is 22.6. The van der Waals surface area contributed by atoms with Gasteiger partial charge in [-0.05, 0) is 60.3 Å². The maximum atomic E-state index is 12.8. The standard InChI is InChI=1S/C31H34N2O5/c34-26(20-32-12-10-23(11-13-32)25-9-8-22-4-1-2-5-24(22)18-25)21-37-28-6-3-7-29-27(28)19-30(38-29)31(35)33-14-16-36-17-15-33/h1-9,18-19,23,26,34H,10-17,20-21H2. The van der Waals surface area contributed by atoms with E-state index in [-0.39, 0.29) is 12.5 Å². The summed E-state index contributed by atoms with van der Waals surface area (Å²) < 4.78 is 17.2. The van der Waals surface area contributed by atoms with E-state index in [9.17, 15) is 9.90 Å². The van der Waals surface area contributed by atoms with Gasteiger partial charge < -0.3 is 28.8 Å². The van der Waals surface area contributed by atoms with Crippen molar-refractivity contribution in [2.45, 2.75) is 24.9 Å². The SMILES string of the molecule is O=C(c1cc2c(OCC(O)CN3CCC(c4ccc5ccccc5c4)CC3)cccc2o1)N1CCOCC1. The lowest BCUT2D eigenvalue weighted by Gasteiger charge is -2.33. The third-order valence-electron chi connectivity index (χ3n) is 7.76. The molecule has 6 rings (SSSR count). The van der Waals surface area contributed by atoms with E-state index in [2.05, 4.69) is 47.4 Å². The Bertz CT molecular complexity index is 1400. The molecular formula is C31H34N2O5. The first-order valence-electron chi connectivity index (χ1n) is 13.6. The van der Waals surface area contributed by atoms with Crippen LogP contribution in [-0.4, -0.2) is 79.5 Å².